The molecule has 4 aliphatic heterocycles. The summed E-state index contributed by atoms with van der Waals surface area (Å²) in [4.78, 5) is 42.5. The SMILES string of the molecule is Cc1ncsc1-c1ccc([C@H](C)NC(=O)[C@@H]2C[C@@H](O)CN2C(=O)[C@H](c2cc(O[C@@H](C)CN3CC[C@@H](N4CCN5c6cc(-c7ccccc7O)nnc6NC[C@H]5C4)C3)no2)C(C)C)cc1. The first-order valence-electron chi connectivity index (χ1n) is 22.5. The quantitative estimate of drug-likeness (QED) is 0.119. The molecule has 0 aliphatic carbocycles. The number of aromatic nitrogens is 4. The predicted octanol–water partition coefficient (Wildman–Crippen LogP) is 5.31. The van der Waals surface area contributed by atoms with Crippen LogP contribution in [-0.4, -0.2) is 140 Å². The number of β-amino-alcohol motifs (C(OH)–C–C–N with tert-alkyl or cyclic N) is 1. The van der Waals surface area contributed by atoms with Gasteiger partial charge >= 0.3 is 0 Å². The maximum atomic E-state index is 14.3. The molecule has 7 heterocycles. The zero-order chi connectivity index (χ0) is 44.6. The third-order valence-corrected chi connectivity index (χ3v) is 14.2. The summed E-state index contributed by atoms with van der Waals surface area (Å²) in [6.45, 7) is 16.0. The molecule has 7 atom stereocenters. The van der Waals surface area contributed by atoms with Gasteiger partial charge in [-0.3, -0.25) is 19.4 Å². The maximum absolute atomic E-state index is 14.3. The van der Waals surface area contributed by atoms with E-state index in [0.717, 1.165) is 78.9 Å². The standard InChI is InChI=1S/C47H58N10O6S/c1-27(2)43(47(61)57-25-35(58)18-39(57)46(60)50-29(4)31-10-12-32(13-11-31)44-30(5)49-26-64-44)41-20-42(53-63-41)62-28(3)22-54-15-14-33(23-54)55-16-17-56-34(24-55)21-48-45-38(56)19-37(51-52-45)36-8-6-7-9-40(36)59/h6-13,19-20,26-29,33-35,39,43,58-59H,14-18,21-25H2,1-5H3,(H,48,52)(H,50,60)/t28-,29-,33+,34-,35+,39-,43-/m0/s1. The van der Waals surface area contributed by atoms with E-state index in [4.69, 9.17) is 9.26 Å². The number of para-hydroxylation sites is 1. The molecule has 3 saturated heterocycles. The zero-order valence-corrected chi connectivity index (χ0v) is 37.9. The summed E-state index contributed by atoms with van der Waals surface area (Å²) in [6.07, 6.45) is 0.218. The van der Waals surface area contributed by atoms with Crippen molar-refractivity contribution in [1.29, 1.82) is 0 Å². The zero-order valence-electron chi connectivity index (χ0n) is 37.1. The molecule has 2 amide bonds. The molecule has 17 heteroatoms. The van der Waals surface area contributed by atoms with Gasteiger partial charge in [-0.25, -0.2) is 4.98 Å². The van der Waals surface area contributed by atoms with E-state index in [0.29, 0.717) is 35.5 Å². The number of aliphatic hydroxyl groups is 1. The predicted molar refractivity (Wildman–Crippen MR) is 244 cm³/mol. The molecule has 338 valence electrons. The number of fused-ring (bicyclic) bond motifs is 3. The number of thiazole rings is 1. The van der Waals surface area contributed by atoms with Crippen molar-refractivity contribution in [3.63, 3.8) is 0 Å². The van der Waals surface area contributed by atoms with Gasteiger partial charge in [-0.1, -0.05) is 50.2 Å². The molecule has 5 aromatic rings. The molecule has 9 rings (SSSR count). The molecule has 0 saturated carbocycles. The summed E-state index contributed by atoms with van der Waals surface area (Å²) in [5, 5.41) is 40.8. The number of aliphatic hydroxyl groups excluding tert-OH is 1. The molecule has 3 fully saturated rings. The lowest BCUT2D eigenvalue weighted by Crippen LogP contribution is -2.60. The largest absolute Gasteiger partial charge is 0.507 e. The maximum Gasteiger partial charge on any atom is 0.254 e. The van der Waals surface area contributed by atoms with Crippen molar-refractivity contribution < 1.29 is 29.1 Å². The Morgan fingerprint density at radius 2 is 1.81 bits per heavy atom. The number of piperazine rings is 1. The van der Waals surface area contributed by atoms with Crippen LogP contribution in [0, 0.1) is 12.8 Å². The average Bonchev–Trinajstić information content (AvgIpc) is 4.12. The van der Waals surface area contributed by atoms with Gasteiger partial charge in [-0.05, 0) is 74.1 Å². The van der Waals surface area contributed by atoms with E-state index < -0.39 is 18.1 Å². The number of carbonyl (C=O) groups is 2. The third kappa shape index (κ3) is 9.03. The third-order valence-electron chi connectivity index (χ3n) is 13.3. The summed E-state index contributed by atoms with van der Waals surface area (Å²) in [5.41, 5.74) is 7.17. The van der Waals surface area contributed by atoms with Gasteiger partial charge in [0.05, 0.1) is 45.7 Å². The van der Waals surface area contributed by atoms with E-state index in [1.165, 1.54) is 4.90 Å². The van der Waals surface area contributed by atoms with E-state index in [9.17, 15) is 19.8 Å². The minimum atomic E-state index is -0.826. The fraction of sp³-hybridized carbons (Fsp3) is 0.489. The Kier molecular flexibility index (Phi) is 12.6. The van der Waals surface area contributed by atoms with Crippen molar-refractivity contribution >= 4 is 34.7 Å². The molecular weight excluding hydrogens is 833 g/mol. The van der Waals surface area contributed by atoms with Crippen molar-refractivity contribution in [3.8, 4) is 33.3 Å². The Bertz CT molecular complexity index is 2440. The number of anilines is 2. The normalized spacial score (nSPS) is 22.7. The molecule has 0 spiro atoms. The van der Waals surface area contributed by atoms with Crippen LogP contribution < -0.4 is 20.3 Å². The smallest absolute Gasteiger partial charge is 0.254 e. The molecule has 2 aromatic carbocycles. The van der Waals surface area contributed by atoms with Crippen LogP contribution in [0.15, 0.2) is 70.7 Å². The van der Waals surface area contributed by atoms with Crippen molar-refractivity contribution in [1.82, 2.24) is 40.4 Å². The second-order valence-corrected chi connectivity index (χ2v) is 19.0. The monoisotopic (exact) mass is 890 g/mol. The Balaban J connectivity index is 0.773. The lowest BCUT2D eigenvalue weighted by molar-refractivity contribution is -0.141. The van der Waals surface area contributed by atoms with Crippen LogP contribution in [0.1, 0.15) is 69.5 Å². The highest BCUT2D eigenvalue weighted by Gasteiger charge is 2.44. The number of benzene rings is 2. The number of carbonyl (C=O) groups excluding carboxylic acids is 2. The molecule has 0 radical (unpaired) electrons. The van der Waals surface area contributed by atoms with E-state index >= 15 is 0 Å². The van der Waals surface area contributed by atoms with Crippen LogP contribution in [0.4, 0.5) is 11.5 Å². The highest BCUT2D eigenvalue weighted by Crippen LogP contribution is 2.37. The van der Waals surface area contributed by atoms with E-state index in [1.807, 2.05) is 82.6 Å². The molecule has 64 heavy (non-hydrogen) atoms. The van der Waals surface area contributed by atoms with Gasteiger partial charge in [0.15, 0.2) is 11.6 Å². The van der Waals surface area contributed by atoms with Crippen molar-refractivity contribution in [2.45, 2.75) is 89.8 Å². The first kappa shape index (κ1) is 43.6. The number of hydrogen-bond acceptors (Lipinski definition) is 15. The Morgan fingerprint density at radius 3 is 2.58 bits per heavy atom. The summed E-state index contributed by atoms with van der Waals surface area (Å²) < 4.78 is 12.1. The lowest BCUT2D eigenvalue weighted by Gasteiger charge is -2.47. The van der Waals surface area contributed by atoms with Gasteiger partial charge in [0.1, 0.15) is 23.8 Å². The first-order chi connectivity index (χ1) is 30.9. The number of nitrogens with one attached hydrogen (secondary N) is 2. The van der Waals surface area contributed by atoms with E-state index in [-0.39, 0.29) is 54.6 Å². The van der Waals surface area contributed by atoms with Crippen LogP contribution in [0.3, 0.4) is 0 Å². The minimum absolute atomic E-state index is 0.0564. The lowest BCUT2D eigenvalue weighted by atomic mass is 9.91. The number of aryl methyl sites for hydroxylation is 1. The Hall–Kier alpha value is -5.62. The molecule has 4 aliphatic rings. The van der Waals surface area contributed by atoms with Gasteiger partial charge in [0.2, 0.25) is 11.8 Å². The second kappa shape index (κ2) is 18.5. The van der Waals surface area contributed by atoms with Gasteiger partial charge in [0.25, 0.3) is 5.88 Å². The molecule has 0 unspecified atom stereocenters. The minimum Gasteiger partial charge on any atom is -0.507 e. The molecule has 4 N–H and O–H groups in total. The summed E-state index contributed by atoms with van der Waals surface area (Å²) >= 11 is 1.59. The second-order valence-electron chi connectivity index (χ2n) is 18.1. The van der Waals surface area contributed by atoms with E-state index in [1.54, 1.807) is 29.5 Å². The highest BCUT2D eigenvalue weighted by molar-refractivity contribution is 7.13. The van der Waals surface area contributed by atoms with Crippen molar-refractivity contribution in [3.05, 3.63) is 83.2 Å². The highest BCUT2D eigenvalue weighted by atomic mass is 32.1. The fourth-order valence-electron chi connectivity index (χ4n) is 9.94. The van der Waals surface area contributed by atoms with Crippen LogP contribution in [-0.2, 0) is 9.59 Å². The van der Waals surface area contributed by atoms with Crippen LogP contribution in [0.2, 0.25) is 0 Å². The fourth-order valence-corrected chi connectivity index (χ4v) is 10.7. The van der Waals surface area contributed by atoms with Gasteiger partial charge in [-0.2, -0.15) is 0 Å². The number of hydrogen-bond donors (Lipinski definition) is 4. The number of likely N-dealkylation sites (tertiary alicyclic amines) is 2. The van der Waals surface area contributed by atoms with Crippen LogP contribution in [0.5, 0.6) is 11.6 Å². The number of aromatic hydroxyl groups is 1. The number of amides is 2. The number of rotatable bonds is 13. The topological polar surface area (TPSA) is 186 Å². The van der Waals surface area contributed by atoms with Gasteiger partial charge in [-0.15, -0.1) is 21.5 Å². The summed E-state index contributed by atoms with van der Waals surface area (Å²) in [6, 6.07) is 18.6. The van der Waals surface area contributed by atoms with Crippen molar-refractivity contribution in [2.75, 3.05) is 62.6 Å². The molecule has 16 nitrogen and oxygen atoms in total. The molecule has 0 bridgehead atoms. The van der Waals surface area contributed by atoms with Gasteiger partial charge < -0.3 is 39.9 Å². The molecule has 3 aromatic heterocycles. The van der Waals surface area contributed by atoms with Crippen LogP contribution >= 0.6 is 11.3 Å². The average molecular weight is 891 g/mol. The number of phenols is 1. The number of nitrogens with zero attached hydrogens (tertiary/aromatic N) is 8. The first-order valence-corrected chi connectivity index (χ1v) is 23.3. The summed E-state index contributed by atoms with van der Waals surface area (Å²) in [7, 11) is 0. The number of ether oxygens (including phenoxy) is 1. The summed E-state index contributed by atoms with van der Waals surface area (Å²) in [5.74, 6) is 0.156. The Labute approximate surface area is 377 Å². The van der Waals surface area contributed by atoms with Crippen LogP contribution in [0.25, 0.3) is 21.7 Å². The molecular formula is C47H58N10O6S. The number of phenolic OH excluding ortho intramolecular Hbond substituents is 1. The van der Waals surface area contributed by atoms with Crippen molar-refractivity contribution in [2.24, 2.45) is 5.92 Å². The Morgan fingerprint density at radius 1 is 1.00 bits per heavy atom. The van der Waals surface area contributed by atoms with Gasteiger partial charge in [0, 0.05) is 69.9 Å². The van der Waals surface area contributed by atoms with E-state index in [2.05, 4.69) is 45.7 Å².